The Bertz CT molecular complexity index is 403. The predicted molar refractivity (Wildman–Crippen MR) is 86.7 cm³/mol. The van der Waals surface area contributed by atoms with Crippen LogP contribution in [0.3, 0.4) is 0 Å². The number of ether oxygens (including phenoxy) is 1. The average molecular weight is 342 g/mol. The van der Waals surface area contributed by atoms with Gasteiger partial charge in [0.2, 0.25) is 0 Å². The maximum atomic E-state index is 12.0. The lowest BCUT2D eigenvalue weighted by Gasteiger charge is -2.14. The SMILES string of the molecule is CCCCOc1ccc(C(=O)NCC(Br)C(C)C)cc1. The molecule has 0 spiro atoms. The van der Waals surface area contributed by atoms with Crippen molar-refractivity contribution in [2.75, 3.05) is 13.2 Å². The zero-order valence-electron chi connectivity index (χ0n) is 12.5. The van der Waals surface area contributed by atoms with Crippen molar-refractivity contribution in [2.24, 2.45) is 5.92 Å². The highest BCUT2D eigenvalue weighted by Crippen LogP contribution is 2.14. The van der Waals surface area contributed by atoms with Gasteiger partial charge in [0.05, 0.1) is 6.61 Å². The fourth-order valence-corrected chi connectivity index (χ4v) is 1.73. The summed E-state index contributed by atoms with van der Waals surface area (Å²) in [6.45, 7) is 7.72. The van der Waals surface area contributed by atoms with Crippen molar-refractivity contribution in [1.29, 1.82) is 0 Å². The fourth-order valence-electron chi connectivity index (χ4n) is 1.56. The number of hydrogen-bond donors (Lipinski definition) is 1. The van der Waals surface area contributed by atoms with Gasteiger partial charge in [0.25, 0.3) is 5.91 Å². The van der Waals surface area contributed by atoms with Crippen LogP contribution in [-0.2, 0) is 0 Å². The Balaban J connectivity index is 2.45. The third-order valence-electron chi connectivity index (χ3n) is 3.06. The molecule has 20 heavy (non-hydrogen) atoms. The number of carbonyl (C=O) groups is 1. The molecule has 0 fully saturated rings. The third kappa shape index (κ3) is 5.95. The summed E-state index contributed by atoms with van der Waals surface area (Å²) in [5.41, 5.74) is 0.663. The summed E-state index contributed by atoms with van der Waals surface area (Å²) in [4.78, 5) is 12.3. The van der Waals surface area contributed by atoms with Crippen molar-refractivity contribution in [3.8, 4) is 5.75 Å². The summed E-state index contributed by atoms with van der Waals surface area (Å²) in [6, 6.07) is 7.29. The molecule has 1 rings (SSSR count). The molecule has 1 aromatic rings. The van der Waals surface area contributed by atoms with E-state index in [4.69, 9.17) is 4.74 Å². The van der Waals surface area contributed by atoms with Crippen LogP contribution in [0.15, 0.2) is 24.3 Å². The molecule has 0 aliphatic rings. The second kappa shape index (κ2) is 9.01. The van der Waals surface area contributed by atoms with Crippen LogP contribution >= 0.6 is 15.9 Å². The van der Waals surface area contributed by atoms with Crippen LogP contribution in [0.25, 0.3) is 0 Å². The lowest BCUT2D eigenvalue weighted by atomic mass is 10.1. The van der Waals surface area contributed by atoms with Crippen molar-refractivity contribution < 1.29 is 9.53 Å². The maximum absolute atomic E-state index is 12.0. The van der Waals surface area contributed by atoms with E-state index < -0.39 is 0 Å². The number of amides is 1. The zero-order valence-corrected chi connectivity index (χ0v) is 14.1. The van der Waals surface area contributed by atoms with E-state index in [2.05, 4.69) is 42.0 Å². The van der Waals surface area contributed by atoms with Gasteiger partial charge in [-0.3, -0.25) is 4.79 Å². The van der Waals surface area contributed by atoms with Gasteiger partial charge in [0, 0.05) is 16.9 Å². The molecule has 1 amide bonds. The first-order valence-electron chi connectivity index (χ1n) is 7.19. The van der Waals surface area contributed by atoms with E-state index >= 15 is 0 Å². The van der Waals surface area contributed by atoms with Gasteiger partial charge >= 0.3 is 0 Å². The predicted octanol–water partition coefficient (Wildman–Crippen LogP) is 4.01. The number of benzene rings is 1. The minimum Gasteiger partial charge on any atom is -0.494 e. The molecule has 0 heterocycles. The molecule has 1 atom stereocenters. The molecule has 0 aliphatic heterocycles. The highest BCUT2D eigenvalue weighted by Gasteiger charge is 2.11. The summed E-state index contributed by atoms with van der Waals surface area (Å²) in [5.74, 6) is 1.26. The molecule has 0 aliphatic carbocycles. The summed E-state index contributed by atoms with van der Waals surface area (Å²) in [7, 11) is 0. The number of unbranched alkanes of at least 4 members (excludes halogenated alkanes) is 1. The monoisotopic (exact) mass is 341 g/mol. The van der Waals surface area contributed by atoms with E-state index in [-0.39, 0.29) is 5.91 Å². The minimum atomic E-state index is -0.0461. The van der Waals surface area contributed by atoms with E-state index in [1.165, 1.54) is 0 Å². The molecule has 3 nitrogen and oxygen atoms in total. The van der Waals surface area contributed by atoms with Gasteiger partial charge < -0.3 is 10.1 Å². The number of nitrogens with one attached hydrogen (secondary N) is 1. The van der Waals surface area contributed by atoms with Crippen LogP contribution in [0.2, 0.25) is 0 Å². The smallest absolute Gasteiger partial charge is 0.251 e. The molecule has 112 valence electrons. The molecule has 0 bridgehead atoms. The second-order valence-electron chi connectivity index (χ2n) is 5.20. The number of rotatable bonds is 8. The topological polar surface area (TPSA) is 38.3 Å². The molecule has 1 N–H and O–H groups in total. The van der Waals surface area contributed by atoms with Crippen LogP contribution in [0.5, 0.6) is 5.75 Å². The molecule has 0 saturated carbocycles. The number of alkyl halides is 1. The number of hydrogen-bond acceptors (Lipinski definition) is 2. The fraction of sp³-hybridized carbons (Fsp3) is 0.562. The molecule has 0 saturated heterocycles. The summed E-state index contributed by atoms with van der Waals surface area (Å²) >= 11 is 3.56. The molecule has 1 unspecified atom stereocenters. The van der Waals surface area contributed by atoms with E-state index in [9.17, 15) is 4.79 Å². The van der Waals surface area contributed by atoms with Crippen LogP contribution in [0, 0.1) is 5.92 Å². The van der Waals surface area contributed by atoms with Crippen LogP contribution in [0.1, 0.15) is 44.0 Å². The summed E-state index contributed by atoms with van der Waals surface area (Å²) in [6.07, 6.45) is 2.16. The Morgan fingerprint density at radius 1 is 1.30 bits per heavy atom. The minimum absolute atomic E-state index is 0.0461. The summed E-state index contributed by atoms with van der Waals surface area (Å²) in [5, 5.41) is 2.93. The van der Waals surface area contributed by atoms with Gasteiger partial charge in [-0.2, -0.15) is 0 Å². The Kier molecular flexibility index (Phi) is 7.67. The van der Waals surface area contributed by atoms with Gasteiger partial charge in [0.1, 0.15) is 5.75 Å². The van der Waals surface area contributed by atoms with Crippen molar-refractivity contribution in [1.82, 2.24) is 5.32 Å². The highest BCUT2D eigenvalue weighted by molar-refractivity contribution is 9.09. The van der Waals surface area contributed by atoms with Gasteiger partial charge in [-0.15, -0.1) is 0 Å². The van der Waals surface area contributed by atoms with Crippen LogP contribution < -0.4 is 10.1 Å². The molecular formula is C16H24BrNO2. The van der Waals surface area contributed by atoms with E-state index in [0.717, 1.165) is 25.2 Å². The van der Waals surface area contributed by atoms with E-state index in [1.54, 1.807) is 12.1 Å². The molecule has 0 aromatic heterocycles. The Morgan fingerprint density at radius 2 is 1.95 bits per heavy atom. The Morgan fingerprint density at radius 3 is 2.50 bits per heavy atom. The van der Waals surface area contributed by atoms with Crippen molar-refractivity contribution in [3.63, 3.8) is 0 Å². The first kappa shape index (κ1) is 17.0. The second-order valence-corrected chi connectivity index (χ2v) is 6.37. The Labute approximate surface area is 130 Å². The highest BCUT2D eigenvalue weighted by atomic mass is 79.9. The lowest BCUT2D eigenvalue weighted by molar-refractivity contribution is 0.0953. The van der Waals surface area contributed by atoms with Gasteiger partial charge in [-0.1, -0.05) is 43.1 Å². The normalized spacial score (nSPS) is 12.2. The largest absolute Gasteiger partial charge is 0.494 e. The van der Waals surface area contributed by atoms with Gasteiger partial charge in [-0.05, 0) is 36.6 Å². The van der Waals surface area contributed by atoms with Crippen molar-refractivity contribution in [3.05, 3.63) is 29.8 Å². The van der Waals surface area contributed by atoms with Crippen molar-refractivity contribution in [2.45, 2.75) is 38.4 Å². The third-order valence-corrected chi connectivity index (χ3v) is 4.45. The van der Waals surface area contributed by atoms with Gasteiger partial charge in [-0.25, -0.2) is 0 Å². The Hall–Kier alpha value is -1.03. The standard InChI is InChI=1S/C16H24BrNO2/c1-4-5-10-20-14-8-6-13(7-9-14)16(19)18-11-15(17)12(2)3/h6-9,12,15H,4-5,10-11H2,1-3H3,(H,18,19). The first-order chi connectivity index (χ1) is 9.54. The van der Waals surface area contributed by atoms with Crippen molar-refractivity contribution >= 4 is 21.8 Å². The molecule has 4 heteroatoms. The molecular weight excluding hydrogens is 318 g/mol. The van der Waals surface area contributed by atoms with Crippen LogP contribution in [0.4, 0.5) is 0 Å². The average Bonchev–Trinajstić information content (AvgIpc) is 2.45. The maximum Gasteiger partial charge on any atom is 0.251 e. The van der Waals surface area contributed by atoms with Gasteiger partial charge in [0.15, 0.2) is 0 Å². The van der Waals surface area contributed by atoms with Crippen LogP contribution in [-0.4, -0.2) is 23.9 Å². The molecule has 0 radical (unpaired) electrons. The zero-order chi connectivity index (χ0) is 15.0. The number of halogens is 1. The molecule has 1 aromatic carbocycles. The van der Waals surface area contributed by atoms with E-state index in [0.29, 0.717) is 22.9 Å². The quantitative estimate of drug-likeness (QED) is 0.573. The lowest BCUT2D eigenvalue weighted by Crippen LogP contribution is -2.31. The first-order valence-corrected chi connectivity index (χ1v) is 8.11. The van der Waals surface area contributed by atoms with E-state index in [1.807, 2.05) is 12.1 Å². The number of carbonyl (C=O) groups excluding carboxylic acids is 1. The summed E-state index contributed by atoms with van der Waals surface area (Å²) < 4.78 is 5.57.